The van der Waals surface area contributed by atoms with Crippen LogP contribution in [0.4, 0.5) is 0 Å². The summed E-state index contributed by atoms with van der Waals surface area (Å²) in [7, 11) is 1.72. The molecule has 0 aromatic carbocycles. The van der Waals surface area contributed by atoms with Crippen LogP contribution in [0.1, 0.15) is 38.5 Å². The lowest BCUT2D eigenvalue weighted by Crippen LogP contribution is -2.28. The van der Waals surface area contributed by atoms with Crippen LogP contribution in [0.5, 0.6) is 0 Å². The molecule has 0 bridgehead atoms. The Morgan fingerprint density at radius 3 is 3.07 bits per heavy atom. The second-order valence-electron chi connectivity index (χ2n) is 3.97. The molecular weight excluding hydrogens is 178 g/mol. The summed E-state index contributed by atoms with van der Waals surface area (Å²) in [6.07, 6.45) is 6.59. The van der Waals surface area contributed by atoms with E-state index in [0.29, 0.717) is 0 Å². The summed E-state index contributed by atoms with van der Waals surface area (Å²) in [5.74, 6) is 0.522. The summed E-state index contributed by atoms with van der Waals surface area (Å²) in [6, 6.07) is 0. The minimum Gasteiger partial charge on any atom is -0.385 e. The van der Waals surface area contributed by atoms with E-state index in [2.05, 4.69) is 5.32 Å². The Kier molecular flexibility index (Phi) is 5.60. The maximum atomic E-state index is 11.5. The van der Waals surface area contributed by atoms with Gasteiger partial charge in [0.1, 0.15) is 0 Å². The summed E-state index contributed by atoms with van der Waals surface area (Å²) >= 11 is 0. The summed E-state index contributed by atoms with van der Waals surface area (Å²) in [5, 5.41) is 2.97. The van der Waals surface area contributed by atoms with Crippen molar-refractivity contribution in [2.24, 2.45) is 5.92 Å². The second kappa shape index (κ2) is 6.82. The van der Waals surface area contributed by atoms with Gasteiger partial charge >= 0.3 is 0 Å². The van der Waals surface area contributed by atoms with Crippen molar-refractivity contribution in [3.05, 3.63) is 0 Å². The Morgan fingerprint density at radius 1 is 1.43 bits per heavy atom. The smallest absolute Gasteiger partial charge is 0.223 e. The van der Waals surface area contributed by atoms with Gasteiger partial charge in [-0.2, -0.15) is 0 Å². The number of ether oxygens (including phenoxy) is 1. The number of nitrogens with one attached hydrogen (secondary N) is 1. The molecule has 1 N–H and O–H groups in total. The topological polar surface area (TPSA) is 38.3 Å². The van der Waals surface area contributed by atoms with Crippen molar-refractivity contribution in [3.8, 4) is 0 Å². The van der Waals surface area contributed by atoms with Crippen LogP contribution in [0.3, 0.4) is 0 Å². The lowest BCUT2D eigenvalue weighted by Gasteiger charge is -2.12. The van der Waals surface area contributed by atoms with Crippen molar-refractivity contribution in [2.75, 3.05) is 20.3 Å². The number of unbranched alkanes of at least 4 members (excludes halogenated alkanes) is 1. The average molecular weight is 199 g/mol. The zero-order valence-electron chi connectivity index (χ0n) is 9.05. The Bertz CT molecular complexity index is 171. The summed E-state index contributed by atoms with van der Waals surface area (Å²) in [6.45, 7) is 1.68. The number of rotatable bonds is 5. The molecule has 0 radical (unpaired) electrons. The van der Waals surface area contributed by atoms with E-state index in [1.54, 1.807) is 7.11 Å². The molecule has 1 aliphatic heterocycles. The van der Waals surface area contributed by atoms with Crippen molar-refractivity contribution >= 4 is 5.91 Å². The van der Waals surface area contributed by atoms with E-state index in [-0.39, 0.29) is 11.8 Å². The lowest BCUT2D eigenvalue weighted by atomic mass is 9.96. The average Bonchev–Trinajstić information content (AvgIpc) is 2.39. The number of amides is 1. The Hall–Kier alpha value is -0.570. The lowest BCUT2D eigenvalue weighted by molar-refractivity contribution is -0.124. The molecule has 82 valence electrons. The number of hydrogen-bond donors (Lipinski definition) is 1. The number of hydrogen-bond acceptors (Lipinski definition) is 2. The molecule has 3 nitrogen and oxygen atoms in total. The molecule has 1 atom stereocenters. The van der Waals surface area contributed by atoms with Gasteiger partial charge in [0.15, 0.2) is 0 Å². The van der Waals surface area contributed by atoms with Crippen molar-refractivity contribution in [3.63, 3.8) is 0 Å². The van der Waals surface area contributed by atoms with Crippen LogP contribution in [0.2, 0.25) is 0 Å². The van der Waals surface area contributed by atoms with Crippen LogP contribution in [0, 0.1) is 5.92 Å². The highest BCUT2D eigenvalue weighted by Crippen LogP contribution is 2.18. The molecular formula is C11H21NO2. The summed E-state index contributed by atoms with van der Waals surface area (Å²) < 4.78 is 4.98. The third kappa shape index (κ3) is 4.09. The van der Waals surface area contributed by atoms with Gasteiger partial charge in [-0.25, -0.2) is 0 Å². The molecule has 1 heterocycles. The van der Waals surface area contributed by atoms with Gasteiger partial charge in [0.05, 0.1) is 0 Å². The highest BCUT2D eigenvalue weighted by Gasteiger charge is 2.19. The fourth-order valence-electron chi connectivity index (χ4n) is 1.92. The highest BCUT2D eigenvalue weighted by atomic mass is 16.5. The standard InChI is InChI=1S/C11H21NO2/c1-14-9-5-3-7-10-6-2-4-8-12-11(10)13/h10H,2-9H2,1H3,(H,12,13). The fraction of sp³-hybridized carbons (Fsp3) is 0.909. The van der Waals surface area contributed by atoms with Crippen LogP contribution in [0.25, 0.3) is 0 Å². The van der Waals surface area contributed by atoms with Crippen molar-refractivity contribution in [1.82, 2.24) is 5.32 Å². The molecule has 1 unspecified atom stereocenters. The van der Waals surface area contributed by atoms with E-state index < -0.39 is 0 Å². The molecule has 0 aliphatic carbocycles. The minimum atomic E-state index is 0.259. The molecule has 0 aromatic rings. The highest BCUT2D eigenvalue weighted by molar-refractivity contribution is 5.78. The van der Waals surface area contributed by atoms with E-state index in [0.717, 1.165) is 45.3 Å². The van der Waals surface area contributed by atoms with Crippen LogP contribution in [-0.2, 0) is 9.53 Å². The van der Waals surface area contributed by atoms with E-state index in [4.69, 9.17) is 4.74 Å². The predicted molar refractivity (Wildman–Crippen MR) is 56.1 cm³/mol. The van der Waals surface area contributed by atoms with E-state index in [9.17, 15) is 4.79 Å². The number of carbonyl (C=O) groups is 1. The molecule has 0 aromatic heterocycles. The molecule has 0 spiro atoms. The van der Waals surface area contributed by atoms with Crippen molar-refractivity contribution in [2.45, 2.75) is 38.5 Å². The number of carbonyl (C=O) groups excluding carboxylic acids is 1. The molecule has 1 saturated heterocycles. The van der Waals surface area contributed by atoms with Gasteiger partial charge in [-0.15, -0.1) is 0 Å². The van der Waals surface area contributed by atoms with Crippen LogP contribution in [-0.4, -0.2) is 26.2 Å². The van der Waals surface area contributed by atoms with Gasteiger partial charge in [0, 0.05) is 26.2 Å². The van der Waals surface area contributed by atoms with E-state index in [1.165, 1.54) is 6.42 Å². The van der Waals surface area contributed by atoms with Crippen LogP contribution in [0.15, 0.2) is 0 Å². The van der Waals surface area contributed by atoms with Crippen LogP contribution >= 0.6 is 0 Å². The Morgan fingerprint density at radius 2 is 2.29 bits per heavy atom. The Labute approximate surface area is 86.2 Å². The normalized spacial score (nSPS) is 22.9. The Balaban J connectivity index is 2.16. The van der Waals surface area contributed by atoms with Gasteiger partial charge in [0.25, 0.3) is 0 Å². The summed E-state index contributed by atoms with van der Waals surface area (Å²) in [4.78, 5) is 11.5. The first-order valence-electron chi connectivity index (χ1n) is 5.61. The van der Waals surface area contributed by atoms with Gasteiger partial charge in [-0.05, 0) is 25.7 Å². The monoisotopic (exact) mass is 199 g/mol. The maximum Gasteiger partial charge on any atom is 0.223 e. The maximum absolute atomic E-state index is 11.5. The van der Waals surface area contributed by atoms with Gasteiger partial charge in [0.2, 0.25) is 5.91 Å². The largest absolute Gasteiger partial charge is 0.385 e. The molecule has 1 aliphatic rings. The fourth-order valence-corrected chi connectivity index (χ4v) is 1.92. The van der Waals surface area contributed by atoms with Crippen molar-refractivity contribution in [1.29, 1.82) is 0 Å². The second-order valence-corrected chi connectivity index (χ2v) is 3.97. The van der Waals surface area contributed by atoms with Gasteiger partial charge in [-0.3, -0.25) is 4.79 Å². The molecule has 1 fully saturated rings. The summed E-state index contributed by atoms with van der Waals surface area (Å²) in [5.41, 5.74) is 0. The molecule has 1 amide bonds. The zero-order chi connectivity index (χ0) is 10.2. The van der Waals surface area contributed by atoms with Gasteiger partial charge < -0.3 is 10.1 Å². The number of methoxy groups -OCH3 is 1. The molecule has 0 saturated carbocycles. The molecule has 14 heavy (non-hydrogen) atoms. The van der Waals surface area contributed by atoms with E-state index >= 15 is 0 Å². The predicted octanol–water partition coefficient (Wildman–Crippen LogP) is 1.72. The SMILES string of the molecule is COCCCCC1CCCCNC1=O. The first-order valence-corrected chi connectivity index (χ1v) is 5.61. The molecule has 3 heteroatoms. The zero-order valence-corrected chi connectivity index (χ0v) is 9.05. The first-order chi connectivity index (χ1) is 6.84. The van der Waals surface area contributed by atoms with Crippen molar-refractivity contribution < 1.29 is 9.53 Å². The first kappa shape index (κ1) is 11.5. The van der Waals surface area contributed by atoms with E-state index in [1.807, 2.05) is 0 Å². The molecule has 1 rings (SSSR count). The van der Waals surface area contributed by atoms with Crippen LogP contribution < -0.4 is 5.32 Å². The van der Waals surface area contributed by atoms with Gasteiger partial charge in [-0.1, -0.05) is 12.8 Å². The third-order valence-corrected chi connectivity index (χ3v) is 2.80. The minimum absolute atomic E-state index is 0.259. The third-order valence-electron chi connectivity index (χ3n) is 2.80. The quantitative estimate of drug-likeness (QED) is 0.685.